The Morgan fingerprint density at radius 2 is 1.49 bits per heavy atom. The highest BCUT2D eigenvalue weighted by atomic mass is 16.5. The van der Waals surface area contributed by atoms with E-state index in [1.165, 1.54) is 18.2 Å². The third kappa shape index (κ3) is 5.58. The predicted octanol–water partition coefficient (Wildman–Crippen LogP) is 7.26. The summed E-state index contributed by atoms with van der Waals surface area (Å²) in [6.07, 6.45) is 0. The van der Waals surface area contributed by atoms with E-state index in [-0.39, 0.29) is 5.91 Å². The van der Waals surface area contributed by atoms with Gasteiger partial charge in [-0.3, -0.25) is 4.79 Å². The first-order valence-corrected chi connectivity index (χ1v) is 11.5. The van der Waals surface area contributed by atoms with E-state index in [0.717, 1.165) is 11.3 Å². The Hall–Kier alpha value is -4.38. The minimum Gasteiger partial charge on any atom is -0.465 e. The zero-order valence-corrected chi connectivity index (χ0v) is 20.0. The van der Waals surface area contributed by atoms with Crippen LogP contribution in [0.3, 0.4) is 0 Å². The summed E-state index contributed by atoms with van der Waals surface area (Å²) in [4.78, 5) is 25.0. The van der Waals surface area contributed by atoms with E-state index in [1.54, 1.807) is 36.4 Å². The van der Waals surface area contributed by atoms with Crippen molar-refractivity contribution in [3.05, 3.63) is 114 Å². The van der Waals surface area contributed by atoms with E-state index in [2.05, 4.69) is 42.7 Å². The van der Waals surface area contributed by atoms with Crippen molar-refractivity contribution in [1.82, 2.24) is 0 Å². The molecule has 5 heteroatoms. The number of para-hydroxylation sites is 1. The van der Waals surface area contributed by atoms with Crippen LogP contribution in [0.4, 0.5) is 17.1 Å². The predicted molar refractivity (Wildman–Crippen MR) is 141 cm³/mol. The molecule has 0 radical (unpaired) electrons. The second-order valence-electron chi connectivity index (χ2n) is 8.52. The highest BCUT2D eigenvalue weighted by Crippen LogP contribution is 2.30. The smallest absolute Gasteiger partial charge is 0.339 e. The molecular formula is C30H28N2O3. The molecule has 0 spiro atoms. The van der Waals surface area contributed by atoms with Crippen LogP contribution in [0.1, 0.15) is 46.0 Å². The normalized spacial score (nSPS) is 10.6. The van der Waals surface area contributed by atoms with Gasteiger partial charge in [0.25, 0.3) is 5.91 Å². The van der Waals surface area contributed by atoms with Gasteiger partial charge in [-0.15, -0.1) is 0 Å². The summed E-state index contributed by atoms with van der Waals surface area (Å²) in [6, 6.07) is 30.5. The zero-order valence-electron chi connectivity index (χ0n) is 20.0. The molecule has 1 amide bonds. The average molecular weight is 465 g/mol. The monoisotopic (exact) mass is 464 g/mol. The van der Waals surface area contributed by atoms with Crippen LogP contribution in [-0.2, 0) is 4.74 Å². The number of carbonyl (C=O) groups is 2. The van der Waals surface area contributed by atoms with Gasteiger partial charge in [0, 0.05) is 16.9 Å². The number of nitrogens with one attached hydrogen (secondary N) is 2. The van der Waals surface area contributed by atoms with E-state index in [1.807, 2.05) is 42.5 Å². The van der Waals surface area contributed by atoms with Crippen molar-refractivity contribution in [3.8, 4) is 11.1 Å². The maximum Gasteiger partial charge on any atom is 0.339 e. The van der Waals surface area contributed by atoms with Gasteiger partial charge in [-0.1, -0.05) is 68.4 Å². The van der Waals surface area contributed by atoms with Crippen LogP contribution in [0.25, 0.3) is 11.1 Å². The van der Waals surface area contributed by atoms with Gasteiger partial charge in [-0.25, -0.2) is 4.79 Å². The second kappa shape index (κ2) is 10.7. The van der Waals surface area contributed by atoms with E-state index in [9.17, 15) is 9.59 Å². The van der Waals surface area contributed by atoms with Crippen molar-refractivity contribution in [1.29, 1.82) is 0 Å². The van der Waals surface area contributed by atoms with Crippen molar-refractivity contribution in [2.45, 2.75) is 19.8 Å². The average Bonchev–Trinajstić information content (AvgIpc) is 2.89. The fourth-order valence-electron chi connectivity index (χ4n) is 3.97. The quantitative estimate of drug-likeness (QED) is 0.283. The summed E-state index contributed by atoms with van der Waals surface area (Å²) in [5.41, 5.74) is 6.54. The summed E-state index contributed by atoms with van der Waals surface area (Å²) in [7, 11) is 1.35. The van der Waals surface area contributed by atoms with Gasteiger partial charge in [0.05, 0.1) is 18.4 Å². The molecule has 0 bridgehead atoms. The van der Waals surface area contributed by atoms with Crippen LogP contribution >= 0.6 is 0 Å². The van der Waals surface area contributed by atoms with Gasteiger partial charge in [0.2, 0.25) is 0 Å². The maximum absolute atomic E-state index is 12.9. The van der Waals surface area contributed by atoms with E-state index in [4.69, 9.17) is 4.74 Å². The molecule has 0 aliphatic carbocycles. The first-order chi connectivity index (χ1) is 17.0. The molecule has 0 heterocycles. The topological polar surface area (TPSA) is 67.4 Å². The molecule has 0 aromatic heterocycles. The zero-order chi connectivity index (χ0) is 24.8. The summed E-state index contributed by atoms with van der Waals surface area (Å²) in [5, 5.41) is 6.17. The van der Waals surface area contributed by atoms with E-state index < -0.39 is 5.97 Å². The number of amides is 1. The number of carbonyl (C=O) groups excluding carboxylic acids is 2. The molecule has 0 aliphatic rings. The van der Waals surface area contributed by atoms with Crippen LogP contribution < -0.4 is 10.6 Å². The van der Waals surface area contributed by atoms with Gasteiger partial charge in [0.15, 0.2) is 0 Å². The maximum atomic E-state index is 12.9. The van der Waals surface area contributed by atoms with Gasteiger partial charge in [0.1, 0.15) is 0 Å². The van der Waals surface area contributed by atoms with Gasteiger partial charge in [-0.05, 0) is 65.1 Å². The number of hydrogen-bond acceptors (Lipinski definition) is 4. The highest BCUT2D eigenvalue weighted by Gasteiger charge is 2.13. The fourth-order valence-corrected chi connectivity index (χ4v) is 3.97. The molecule has 2 N–H and O–H groups in total. The largest absolute Gasteiger partial charge is 0.465 e. The Kier molecular flexibility index (Phi) is 7.27. The molecule has 0 unspecified atom stereocenters. The van der Waals surface area contributed by atoms with Crippen molar-refractivity contribution in [2.75, 3.05) is 17.7 Å². The highest BCUT2D eigenvalue weighted by molar-refractivity contribution is 6.05. The lowest BCUT2D eigenvalue weighted by atomic mass is 9.92. The van der Waals surface area contributed by atoms with Crippen molar-refractivity contribution >= 4 is 28.9 Å². The Balaban J connectivity index is 1.49. The fraction of sp³-hybridized carbons (Fsp3) is 0.133. The van der Waals surface area contributed by atoms with Crippen molar-refractivity contribution in [3.63, 3.8) is 0 Å². The van der Waals surface area contributed by atoms with Crippen LogP contribution in [0.15, 0.2) is 97.1 Å². The number of rotatable bonds is 7. The van der Waals surface area contributed by atoms with Crippen LogP contribution in [0.2, 0.25) is 0 Å². The number of benzene rings is 4. The Labute approximate surface area is 205 Å². The number of anilines is 3. The first kappa shape index (κ1) is 23.8. The minimum atomic E-state index is -0.429. The van der Waals surface area contributed by atoms with Crippen LogP contribution in [0.5, 0.6) is 0 Å². The molecule has 0 atom stereocenters. The molecule has 4 rings (SSSR count). The summed E-state index contributed by atoms with van der Waals surface area (Å²) in [6.45, 7) is 4.37. The number of methoxy groups -OCH3 is 1. The number of hydrogen-bond donors (Lipinski definition) is 2. The third-order valence-electron chi connectivity index (χ3n) is 5.77. The van der Waals surface area contributed by atoms with E-state index in [0.29, 0.717) is 28.4 Å². The lowest BCUT2D eigenvalue weighted by molar-refractivity contribution is 0.0601. The molecule has 35 heavy (non-hydrogen) atoms. The molecule has 176 valence electrons. The van der Waals surface area contributed by atoms with Gasteiger partial charge < -0.3 is 15.4 Å². The molecule has 0 saturated heterocycles. The second-order valence-corrected chi connectivity index (χ2v) is 8.52. The lowest BCUT2D eigenvalue weighted by Gasteiger charge is -2.14. The number of esters is 1. The Morgan fingerprint density at radius 3 is 2.23 bits per heavy atom. The van der Waals surface area contributed by atoms with Crippen LogP contribution in [0, 0.1) is 0 Å². The van der Waals surface area contributed by atoms with Crippen molar-refractivity contribution in [2.24, 2.45) is 0 Å². The summed E-state index contributed by atoms with van der Waals surface area (Å²) < 4.78 is 4.85. The first-order valence-electron chi connectivity index (χ1n) is 11.5. The minimum absolute atomic E-state index is 0.217. The van der Waals surface area contributed by atoms with Gasteiger partial charge in [-0.2, -0.15) is 0 Å². The molecule has 4 aromatic rings. The molecular weight excluding hydrogens is 436 g/mol. The molecule has 0 aliphatic heterocycles. The molecule has 0 fully saturated rings. The molecule has 5 nitrogen and oxygen atoms in total. The SMILES string of the molecule is COC(=O)c1ccccc1Nc1cccc(C(=O)Nc2ccc(-c3ccccc3C(C)C)cc2)c1. The lowest BCUT2D eigenvalue weighted by Crippen LogP contribution is -2.12. The molecule has 0 saturated carbocycles. The summed E-state index contributed by atoms with van der Waals surface area (Å²) >= 11 is 0. The Bertz CT molecular complexity index is 1340. The third-order valence-corrected chi connectivity index (χ3v) is 5.77. The van der Waals surface area contributed by atoms with E-state index >= 15 is 0 Å². The molecule has 4 aromatic carbocycles. The van der Waals surface area contributed by atoms with Crippen molar-refractivity contribution < 1.29 is 14.3 Å². The summed E-state index contributed by atoms with van der Waals surface area (Å²) in [5.74, 6) is -0.224. The van der Waals surface area contributed by atoms with Crippen LogP contribution in [-0.4, -0.2) is 19.0 Å². The number of ether oxygens (including phenoxy) is 1. The standard InChI is InChI=1S/C30H28N2O3/c1-20(2)25-11-4-5-12-26(25)21-15-17-23(18-16-21)32-29(33)22-9-8-10-24(19-22)31-28-14-7-6-13-27(28)30(34)35-3/h4-20,31H,1-3H3,(H,32,33). The van der Waals surface area contributed by atoms with Gasteiger partial charge >= 0.3 is 5.97 Å². The Morgan fingerprint density at radius 1 is 0.771 bits per heavy atom.